The second kappa shape index (κ2) is 17.5. The van der Waals surface area contributed by atoms with Crippen LogP contribution >= 0.6 is 11.9 Å². The second-order valence-corrected chi connectivity index (χ2v) is 10.6. The van der Waals surface area contributed by atoms with Crippen molar-refractivity contribution in [2.75, 3.05) is 30.7 Å². The number of nitrogens with zero attached hydrogens (tertiary/aromatic N) is 1. The molecule has 0 unspecified atom stereocenters. The minimum Gasteiger partial charge on any atom is -0.508 e. The number of rotatable bonds is 12. The van der Waals surface area contributed by atoms with Gasteiger partial charge >= 0.3 is 0 Å². The molecule has 4 aromatic carbocycles. The number of hydrogen-bond acceptors (Lipinski definition) is 6. The Morgan fingerprint density at radius 3 is 1.95 bits per heavy atom. The van der Waals surface area contributed by atoms with E-state index in [1.54, 1.807) is 30.3 Å². The van der Waals surface area contributed by atoms with E-state index >= 15 is 0 Å². The highest BCUT2D eigenvalue weighted by atomic mass is 32.2. The van der Waals surface area contributed by atoms with Gasteiger partial charge in [-0.1, -0.05) is 90.3 Å². The average Bonchev–Trinajstić information content (AvgIpc) is 3.02. The number of carbonyl (C=O) groups excluding carboxylic acids is 2. The number of benzene rings is 4. The fraction of sp³-hybridized carbons (Fsp3) is 0.235. The maximum Gasteiger partial charge on any atom is 0.251 e. The zero-order chi connectivity index (χ0) is 30.2. The molecule has 8 heteroatoms. The number of carbonyl (C=O) groups is 2. The number of aromatic hydroxyl groups is 1. The molecule has 0 saturated heterocycles. The summed E-state index contributed by atoms with van der Waals surface area (Å²) in [4.78, 5) is 25.7. The van der Waals surface area contributed by atoms with Gasteiger partial charge in [0, 0.05) is 49.8 Å². The van der Waals surface area contributed by atoms with Crippen LogP contribution in [0.5, 0.6) is 5.75 Å². The van der Waals surface area contributed by atoms with Crippen molar-refractivity contribution in [3.8, 4) is 5.75 Å². The number of nitrogens with one attached hydrogen (secondary N) is 3. The Balaban J connectivity index is 0.000000603. The summed E-state index contributed by atoms with van der Waals surface area (Å²) < 4.78 is 1.91. The van der Waals surface area contributed by atoms with Gasteiger partial charge in [-0.25, -0.2) is 0 Å². The van der Waals surface area contributed by atoms with Crippen molar-refractivity contribution in [1.29, 1.82) is 0 Å². The van der Waals surface area contributed by atoms with Gasteiger partial charge in [0.2, 0.25) is 0 Å². The normalized spacial score (nSPS) is 10.3. The molecule has 0 aliphatic carbocycles. The lowest BCUT2D eigenvalue weighted by molar-refractivity contribution is 0.0950. The van der Waals surface area contributed by atoms with Gasteiger partial charge in [0.25, 0.3) is 11.8 Å². The summed E-state index contributed by atoms with van der Waals surface area (Å²) in [7, 11) is 1.89. The third-order valence-corrected chi connectivity index (χ3v) is 7.13. The number of anilines is 1. The molecule has 4 aromatic rings. The summed E-state index contributed by atoms with van der Waals surface area (Å²) >= 11 is 1.50. The molecule has 0 saturated carbocycles. The highest BCUT2D eigenvalue weighted by Gasteiger charge is 2.15. The van der Waals surface area contributed by atoms with Crippen LogP contribution in [0, 0.1) is 6.92 Å². The van der Waals surface area contributed by atoms with E-state index in [1.807, 2.05) is 78.3 Å². The van der Waals surface area contributed by atoms with E-state index in [2.05, 4.69) is 35.0 Å². The lowest BCUT2D eigenvalue weighted by Gasteiger charge is -2.18. The predicted octanol–water partition coefficient (Wildman–Crippen LogP) is 5.94. The van der Waals surface area contributed by atoms with E-state index in [0.717, 1.165) is 29.8 Å². The molecule has 0 aromatic heterocycles. The summed E-state index contributed by atoms with van der Waals surface area (Å²) in [5.41, 5.74) is 5.00. The fourth-order valence-corrected chi connectivity index (χ4v) is 4.31. The van der Waals surface area contributed by atoms with Gasteiger partial charge in [-0.15, -0.1) is 0 Å². The Morgan fingerprint density at radius 2 is 1.36 bits per heavy atom. The molecule has 7 nitrogen and oxygen atoms in total. The highest BCUT2D eigenvalue weighted by Crippen LogP contribution is 2.23. The summed E-state index contributed by atoms with van der Waals surface area (Å²) in [6.07, 6.45) is 2.69. The monoisotopic (exact) mass is 584 g/mol. The van der Waals surface area contributed by atoms with Crippen LogP contribution in [-0.2, 0) is 13.1 Å². The molecule has 0 heterocycles. The van der Waals surface area contributed by atoms with Crippen LogP contribution in [0.3, 0.4) is 0 Å². The standard InChI is InChI=1S/C27H32N4O3S.C7H8/c1-31(35-2)24-16-22(15-23(17-24)27(34)30-19-20-8-4-3-5-9-20)26(33)29-13-7-12-28-18-21-10-6-11-25(32)14-21;1-7-5-3-2-4-6-7/h3-6,8-11,14-17,28,32H,7,12-13,18-19H2,1-2H3,(H,29,33)(H,30,34);2-6H,1H3. The molecule has 42 heavy (non-hydrogen) atoms. The highest BCUT2D eigenvalue weighted by molar-refractivity contribution is 7.99. The van der Waals surface area contributed by atoms with Crippen LogP contribution in [0.25, 0.3) is 0 Å². The molecular formula is C34H40N4O3S. The van der Waals surface area contributed by atoms with Crippen molar-refractivity contribution >= 4 is 29.4 Å². The lowest BCUT2D eigenvalue weighted by atomic mass is 10.1. The lowest BCUT2D eigenvalue weighted by Crippen LogP contribution is -2.28. The molecule has 0 bridgehead atoms. The smallest absolute Gasteiger partial charge is 0.251 e. The Labute approximate surface area is 253 Å². The van der Waals surface area contributed by atoms with Crippen LogP contribution in [0.2, 0.25) is 0 Å². The first-order chi connectivity index (χ1) is 20.4. The first-order valence-electron chi connectivity index (χ1n) is 13.9. The summed E-state index contributed by atoms with van der Waals surface area (Å²) in [5.74, 6) is -0.194. The van der Waals surface area contributed by atoms with Gasteiger partial charge in [0.05, 0.1) is 0 Å². The number of hydrogen-bond donors (Lipinski definition) is 4. The summed E-state index contributed by atoms with van der Waals surface area (Å²) in [6.45, 7) is 4.37. The van der Waals surface area contributed by atoms with E-state index < -0.39 is 0 Å². The minimum absolute atomic E-state index is 0.216. The molecule has 0 atom stereocenters. The predicted molar refractivity (Wildman–Crippen MR) is 174 cm³/mol. The minimum atomic E-state index is -0.226. The zero-order valence-electron chi connectivity index (χ0n) is 24.5. The van der Waals surface area contributed by atoms with E-state index in [4.69, 9.17) is 0 Å². The van der Waals surface area contributed by atoms with Crippen molar-refractivity contribution < 1.29 is 14.7 Å². The topological polar surface area (TPSA) is 93.7 Å². The first-order valence-corrected chi connectivity index (χ1v) is 15.1. The molecule has 0 aliphatic rings. The van der Waals surface area contributed by atoms with Crippen LogP contribution in [0.15, 0.2) is 103 Å². The van der Waals surface area contributed by atoms with Crippen molar-refractivity contribution in [1.82, 2.24) is 16.0 Å². The van der Waals surface area contributed by atoms with E-state index in [9.17, 15) is 14.7 Å². The first kappa shape index (κ1) is 32.2. The van der Waals surface area contributed by atoms with Gasteiger partial charge in [-0.2, -0.15) is 0 Å². The Morgan fingerprint density at radius 1 is 0.738 bits per heavy atom. The molecule has 2 amide bonds. The zero-order valence-corrected chi connectivity index (χ0v) is 25.3. The van der Waals surface area contributed by atoms with E-state index in [-0.39, 0.29) is 17.6 Å². The molecule has 0 fully saturated rings. The van der Waals surface area contributed by atoms with Gasteiger partial charge in [0.15, 0.2) is 0 Å². The van der Waals surface area contributed by atoms with Crippen LogP contribution in [0.4, 0.5) is 5.69 Å². The number of phenols is 1. The van der Waals surface area contributed by atoms with Crippen molar-refractivity contribution in [3.63, 3.8) is 0 Å². The van der Waals surface area contributed by atoms with E-state index in [1.165, 1.54) is 17.5 Å². The Hall–Kier alpha value is -4.27. The number of phenolic OH excluding ortho intramolecular Hbond substituents is 1. The fourth-order valence-electron chi connectivity index (χ4n) is 3.99. The average molecular weight is 585 g/mol. The molecule has 4 rings (SSSR count). The largest absolute Gasteiger partial charge is 0.508 e. The third kappa shape index (κ3) is 11.3. The van der Waals surface area contributed by atoms with Gasteiger partial charge in [-0.05, 0) is 61.3 Å². The van der Waals surface area contributed by atoms with E-state index in [0.29, 0.717) is 30.8 Å². The van der Waals surface area contributed by atoms with Crippen LogP contribution in [-0.4, -0.2) is 43.3 Å². The van der Waals surface area contributed by atoms with Gasteiger partial charge < -0.3 is 25.4 Å². The van der Waals surface area contributed by atoms with Crippen LogP contribution in [0.1, 0.15) is 43.8 Å². The molecule has 0 spiro atoms. The van der Waals surface area contributed by atoms with Crippen molar-refractivity contribution in [3.05, 3.63) is 131 Å². The van der Waals surface area contributed by atoms with Crippen molar-refractivity contribution in [2.24, 2.45) is 0 Å². The molecule has 0 aliphatic heterocycles. The maximum absolute atomic E-state index is 12.8. The number of aryl methyl sites for hydroxylation is 1. The molecule has 4 N–H and O–H groups in total. The van der Waals surface area contributed by atoms with Gasteiger partial charge in [-0.3, -0.25) is 9.59 Å². The van der Waals surface area contributed by atoms with Crippen molar-refractivity contribution in [2.45, 2.75) is 26.4 Å². The molecule has 220 valence electrons. The molecule has 0 radical (unpaired) electrons. The summed E-state index contributed by atoms with van der Waals surface area (Å²) in [5, 5.41) is 18.7. The Kier molecular flexibility index (Phi) is 13.5. The summed E-state index contributed by atoms with van der Waals surface area (Å²) in [6, 6.07) is 32.3. The quantitative estimate of drug-likeness (QED) is 0.122. The number of amides is 2. The third-order valence-electron chi connectivity index (χ3n) is 6.37. The Bertz CT molecular complexity index is 1400. The molecular weight excluding hydrogens is 544 g/mol. The van der Waals surface area contributed by atoms with Gasteiger partial charge in [0.1, 0.15) is 5.75 Å². The van der Waals surface area contributed by atoms with Crippen LogP contribution < -0.4 is 20.3 Å². The maximum atomic E-state index is 12.8. The second-order valence-electron chi connectivity index (χ2n) is 9.73. The SMILES string of the molecule is CSN(C)c1cc(C(=O)NCCCNCc2cccc(O)c2)cc(C(=O)NCc2ccccc2)c1.Cc1ccccc1.